The zero-order chi connectivity index (χ0) is 27.7. The molecule has 2 aromatic carbocycles. The van der Waals surface area contributed by atoms with E-state index in [1.165, 1.54) is 47.9 Å². The molecule has 2 aromatic rings. The van der Waals surface area contributed by atoms with E-state index in [2.05, 4.69) is 32.9 Å². The molecule has 1 aliphatic heterocycles. The second kappa shape index (κ2) is 11.5. The molecule has 1 saturated carbocycles. The summed E-state index contributed by atoms with van der Waals surface area (Å²) in [4.78, 5) is 32.8. The number of allylic oxidation sites excluding steroid dienone is 2. The molecule has 1 heterocycles. The Morgan fingerprint density at radius 1 is 1.05 bits per heavy atom. The number of aryl methyl sites for hydroxylation is 3. The normalized spacial score (nSPS) is 23.5. The predicted molar refractivity (Wildman–Crippen MR) is 154 cm³/mol. The van der Waals surface area contributed by atoms with Gasteiger partial charge in [-0.2, -0.15) is 0 Å². The fraction of sp³-hybridized carbons (Fsp3) is 0.500. The molecule has 206 valence electrons. The van der Waals surface area contributed by atoms with Crippen molar-refractivity contribution in [2.45, 2.75) is 90.9 Å². The summed E-state index contributed by atoms with van der Waals surface area (Å²) in [6, 6.07) is 11.4. The van der Waals surface area contributed by atoms with Crippen LogP contribution in [0.4, 0.5) is 0 Å². The number of rotatable bonds is 7. The van der Waals surface area contributed by atoms with Crippen LogP contribution < -0.4 is 0 Å². The highest BCUT2D eigenvalue weighted by Gasteiger charge is 2.46. The summed E-state index contributed by atoms with van der Waals surface area (Å²) in [5, 5.41) is 10.4. The fourth-order valence-corrected chi connectivity index (χ4v) is 7.45. The van der Waals surface area contributed by atoms with Gasteiger partial charge in [-0.05, 0) is 93.2 Å². The van der Waals surface area contributed by atoms with Gasteiger partial charge < -0.3 is 9.84 Å². The first-order valence-corrected chi connectivity index (χ1v) is 14.6. The molecular formula is C34H41NO4. The van der Waals surface area contributed by atoms with E-state index in [-0.39, 0.29) is 30.0 Å². The summed E-state index contributed by atoms with van der Waals surface area (Å²) in [5.74, 6) is -0.612. The molecule has 1 fully saturated rings. The average Bonchev–Trinajstić information content (AvgIpc) is 3.40. The molecule has 5 heteroatoms. The van der Waals surface area contributed by atoms with Gasteiger partial charge in [-0.3, -0.25) is 14.6 Å². The van der Waals surface area contributed by atoms with Crippen molar-refractivity contribution in [3.05, 3.63) is 75.5 Å². The van der Waals surface area contributed by atoms with E-state index in [0.29, 0.717) is 24.3 Å². The van der Waals surface area contributed by atoms with Crippen LogP contribution in [0.5, 0.6) is 5.75 Å². The van der Waals surface area contributed by atoms with E-state index < -0.39 is 11.8 Å². The maximum Gasteiger partial charge on any atom is 0.315 e. The topological polar surface area (TPSA) is 76.0 Å². The van der Waals surface area contributed by atoms with Crippen molar-refractivity contribution in [3.63, 3.8) is 0 Å². The van der Waals surface area contributed by atoms with E-state index in [1.54, 1.807) is 18.2 Å². The molecule has 3 aliphatic rings. The molecular weight excluding hydrogens is 486 g/mol. The first kappa shape index (κ1) is 27.4. The van der Waals surface area contributed by atoms with E-state index in [0.717, 1.165) is 29.8 Å². The first-order chi connectivity index (χ1) is 18.8. The number of aromatic hydroxyl groups is 1. The minimum absolute atomic E-state index is 0.0434. The van der Waals surface area contributed by atoms with E-state index in [1.807, 2.05) is 13.0 Å². The first-order valence-electron chi connectivity index (χ1n) is 14.6. The number of esters is 1. The number of carbonyl (C=O) groups is 2. The van der Waals surface area contributed by atoms with Crippen LogP contribution in [0.3, 0.4) is 0 Å². The van der Waals surface area contributed by atoms with Gasteiger partial charge in [0.05, 0.1) is 6.61 Å². The fourth-order valence-electron chi connectivity index (χ4n) is 7.45. The zero-order valence-electron chi connectivity index (χ0n) is 23.8. The third-order valence-corrected chi connectivity index (χ3v) is 8.96. The Kier molecular flexibility index (Phi) is 8.06. The van der Waals surface area contributed by atoms with Crippen molar-refractivity contribution in [3.8, 4) is 5.75 Å². The quantitative estimate of drug-likeness (QED) is 0.381. The smallest absolute Gasteiger partial charge is 0.315 e. The number of hydrogen-bond acceptors (Lipinski definition) is 5. The van der Waals surface area contributed by atoms with Crippen LogP contribution in [0.15, 0.2) is 52.7 Å². The molecule has 2 aliphatic carbocycles. The Bertz CT molecular complexity index is 1310. The zero-order valence-corrected chi connectivity index (χ0v) is 23.8. The lowest BCUT2D eigenvalue weighted by molar-refractivity contribution is -0.146. The van der Waals surface area contributed by atoms with Crippen LogP contribution in [-0.4, -0.2) is 29.2 Å². The maximum absolute atomic E-state index is 14.0. The van der Waals surface area contributed by atoms with Gasteiger partial charge in [0.2, 0.25) is 0 Å². The Morgan fingerprint density at radius 2 is 1.77 bits per heavy atom. The van der Waals surface area contributed by atoms with Crippen LogP contribution in [0.25, 0.3) is 0 Å². The highest BCUT2D eigenvalue weighted by Crippen LogP contribution is 2.49. The molecule has 0 aromatic heterocycles. The summed E-state index contributed by atoms with van der Waals surface area (Å²) >= 11 is 0. The Balaban J connectivity index is 1.61. The number of phenols is 1. The Labute approximate surface area is 232 Å². The van der Waals surface area contributed by atoms with Crippen molar-refractivity contribution < 1.29 is 19.4 Å². The number of benzene rings is 2. The summed E-state index contributed by atoms with van der Waals surface area (Å²) in [6.45, 7) is 8.45. The molecule has 0 saturated heterocycles. The standard InChI is InChI=1S/C34H41NO4/c1-5-39-34(38)33-27(14-13-23-9-6-7-10-23)35-28-18-25(30-21(3)15-20(2)16-22(30)4)19-29(37)32(28)31(33)24-11-8-12-26(36)17-24/h8,11-12,15-17,23,25,31,33,36H,5-7,9-10,13-14,18-19H2,1-4H3. The lowest BCUT2D eigenvalue weighted by Gasteiger charge is -2.38. The maximum atomic E-state index is 14.0. The van der Waals surface area contributed by atoms with E-state index >= 15 is 0 Å². The van der Waals surface area contributed by atoms with Gasteiger partial charge in [-0.25, -0.2) is 0 Å². The third-order valence-electron chi connectivity index (χ3n) is 8.96. The van der Waals surface area contributed by atoms with Crippen LogP contribution >= 0.6 is 0 Å². The number of phenolic OH excluding ortho intramolecular Hbond substituents is 1. The number of ketones is 1. The van der Waals surface area contributed by atoms with Gasteiger partial charge in [-0.1, -0.05) is 55.5 Å². The number of ether oxygens (including phenoxy) is 1. The number of hydrogen-bond donors (Lipinski definition) is 1. The highest BCUT2D eigenvalue weighted by molar-refractivity contribution is 6.10. The van der Waals surface area contributed by atoms with Crippen molar-refractivity contribution in [1.82, 2.24) is 0 Å². The molecule has 0 radical (unpaired) electrons. The molecule has 0 spiro atoms. The van der Waals surface area contributed by atoms with Gasteiger partial charge in [0.15, 0.2) is 5.78 Å². The number of carbonyl (C=O) groups excluding carboxylic acids is 2. The van der Waals surface area contributed by atoms with Crippen molar-refractivity contribution in [2.24, 2.45) is 16.8 Å². The lowest BCUT2D eigenvalue weighted by Crippen LogP contribution is -2.39. The minimum atomic E-state index is -0.657. The SMILES string of the molecule is CCOC(=O)C1C(CCC2CCCC2)=NC2=C(C(=O)CC(c3c(C)cc(C)cc3C)C2)C1c1cccc(O)c1. The van der Waals surface area contributed by atoms with Crippen molar-refractivity contribution in [2.75, 3.05) is 6.61 Å². The van der Waals surface area contributed by atoms with Crippen molar-refractivity contribution in [1.29, 1.82) is 0 Å². The Hall–Kier alpha value is -3.21. The molecule has 0 amide bonds. The minimum Gasteiger partial charge on any atom is -0.508 e. The van der Waals surface area contributed by atoms with Crippen LogP contribution in [-0.2, 0) is 14.3 Å². The third kappa shape index (κ3) is 5.59. The average molecular weight is 528 g/mol. The summed E-state index contributed by atoms with van der Waals surface area (Å²) in [5.41, 5.74) is 7.93. The van der Waals surface area contributed by atoms with Gasteiger partial charge in [0.1, 0.15) is 11.7 Å². The van der Waals surface area contributed by atoms with Gasteiger partial charge in [-0.15, -0.1) is 0 Å². The summed E-state index contributed by atoms with van der Waals surface area (Å²) in [6.07, 6.45) is 7.78. The van der Waals surface area contributed by atoms with Crippen LogP contribution in [0.2, 0.25) is 0 Å². The Morgan fingerprint density at radius 3 is 2.44 bits per heavy atom. The second-order valence-corrected chi connectivity index (χ2v) is 11.8. The number of Topliss-reactive ketones (excluding diaryl/α,β-unsaturated/α-hetero) is 1. The largest absolute Gasteiger partial charge is 0.508 e. The van der Waals surface area contributed by atoms with Gasteiger partial charge in [0, 0.05) is 29.3 Å². The van der Waals surface area contributed by atoms with E-state index in [4.69, 9.17) is 9.73 Å². The molecule has 3 atom stereocenters. The predicted octanol–water partition coefficient (Wildman–Crippen LogP) is 7.41. The van der Waals surface area contributed by atoms with Crippen LogP contribution in [0, 0.1) is 32.6 Å². The summed E-state index contributed by atoms with van der Waals surface area (Å²) < 4.78 is 5.60. The summed E-state index contributed by atoms with van der Waals surface area (Å²) in [7, 11) is 0. The monoisotopic (exact) mass is 527 g/mol. The van der Waals surface area contributed by atoms with Gasteiger partial charge >= 0.3 is 5.97 Å². The van der Waals surface area contributed by atoms with Crippen LogP contribution in [0.1, 0.15) is 97.9 Å². The van der Waals surface area contributed by atoms with E-state index in [9.17, 15) is 14.7 Å². The molecule has 3 unspecified atom stereocenters. The second-order valence-electron chi connectivity index (χ2n) is 11.8. The van der Waals surface area contributed by atoms with Gasteiger partial charge in [0.25, 0.3) is 0 Å². The number of nitrogens with zero attached hydrogens (tertiary/aromatic N) is 1. The highest BCUT2D eigenvalue weighted by atomic mass is 16.5. The molecule has 39 heavy (non-hydrogen) atoms. The molecule has 5 nitrogen and oxygen atoms in total. The molecule has 1 N–H and O–H groups in total. The molecule has 5 rings (SSSR count). The van der Waals surface area contributed by atoms with Crippen molar-refractivity contribution >= 4 is 17.5 Å². The molecule has 0 bridgehead atoms. The lowest BCUT2D eigenvalue weighted by atomic mass is 9.68. The number of aliphatic imine (C=N–C) groups is 1.